The van der Waals surface area contributed by atoms with Crippen molar-refractivity contribution in [2.75, 3.05) is 39.6 Å². The maximum Gasteiger partial charge on any atom is 0.472 e. The van der Waals surface area contributed by atoms with Crippen molar-refractivity contribution in [1.29, 1.82) is 0 Å². The molecule has 0 aromatic heterocycles. The van der Waals surface area contributed by atoms with Gasteiger partial charge in [-0.05, 0) is 49.4 Å². The maximum absolute atomic E-state index is 13.1. The molecule has 594 valence electrons. The highest BCUT2D eigenvalue weighted by Gasteiger charge is 2.30. The SMILES string of the molecule is CCC(C)CCCCCCCCCCCCCCCCCCCCC(=O)O[C@H](COC(=O)CCCCCCCCCCCCC(C)CC)COP(=O)(O)OCC(O)COP(=O)(O)OC[C@@H](COC(=O)CCCCCCCCCC(C)C)OC(=O)CCCCCCCCCCCCCC(C)C. The first-order valence-electron chi connectivity index (χ1n) is 41.8. The van der Waals surface area contributed by atoms with Crippen LogP contribution in [0.2, 0.25) is 0 Å². The summed E-state index contributed by atoms with van der Waals surface area (Å²) < 4.78 is 68.7. The second kappa shape index (κ2) is 70.1. The fourth-order valence-electron chi connectivity index (χ4n) is 12.4. The summed E-state index contributed by atoms with van der Waals surface area (Å²) in [6.07, 6.45) is 56.9. The zero-order chi connectivity index (χ0) is 73.8. The lowest BCUT2D eigenvalue weighted by Gasteiger charge is -2.21. The second-order valence-corrected chi connectivity index (χ2v) is 33.5. The van der Waals surface area contributed by atoms with E-state index in [9.17, 15) is 43.2 Å². The van der Waals surface area contributed by atoms with Crippen molar-refractivity contribution in [1.82, 2.24) is 0 Å². The summed E-state index contributed by atoms with van der Waals surface area (Å²) >= 11 is 0. The normalized spacial score (nSPS) is 14.6. The van der Waals surface area contributed by atoms with Crippen molar-refractivity contribution in [3.63, 3.8) is 0 Å². The van der Waals surface area contributed by atoms with Crippen molar-refractivity contribution >= 4 is 39.5 Å². The van der Waals surface area contributed by atoms with E-state index in [0.717, 1.165) is 114 Å². The summed E-state index contributed by atoms with van der Waals surface area (Å²) in [6.45, 7) is 14.3. The Hall–Kier alpha value is -1.94. The molecule has 0 radical (unpaired) electrons. The van der Waals surface area contributed by atoms with E-state index in [1.165, 1.54) is 212 Å². The van der Waals surface area contributed by atoms with E-state index in [2.05, 4.69) is 55.4 Å². The molecule has 0 aliphatic carbocycles. The molecule has 100 heavy (non-hydrogen) atoms. The Kier molecular flexibility index (Phi) is 68.7. The predicted octanol–water partition coefficient (Wildman–Crippen LogP) is 24.0. The van der Waals surface area contributed by atoms with Gasteiger partial charge in [0.05, 0.1) is 26.4 Å². The Morgan fingerprint density at radius 3 is 0.710 bits per heavy atom. The number of rotatable bonds is 78. The van der Waals surface area contributed by atoms with Gasteiger partial charge in [0.1, 0.15) is 19.3 Å². The number of carbonyl (C=O) groups is 4. The van der Waals surface area contributed by atoms with Crippen LogP contribution in [0.4, 0.5) is 0 Å². The highest BCUT2D eigenvalue weighted by Crippen LogP contribution is 2.45. The molecular weight excluding hydrogens is 1310 g/mol. The van der Waals surface area contributed by atoms with Crippen LogP contribution in [0.25, 0.3) is 0 Å². The highest BCUT2D eigenvalue weighted by molar-refractivity contribution is 7.47. The van der Waals surface area contributed by atoms with Gasteiger partial charge in [-0.25, -0.2) is 9.13 Å². The average molecular weight is 1470 g/mol. The van der Waals surface area contributed by atoms with Crippen molar-refractivity contribution in [2.45, 2.75) is 433 Å². The third-order valence-corrected chi connectivity index (χ3v) is 21.4. The first-order chi connectivity index (χ1) is 48.2. The summed E-state index contributed by atoms with van der Waals surface area (Å²) in [6, 6.07) is 0. The van der Waals surface area contributed by atoms with E-state index < -0.39 is 97.5 Å². The van der Waals surface area contributed by atoms with Gasteiger partial charge in [-0.15, -0.1) is 0 Å². The number of aliphatic hydroxyl groups is 1. The minimum atomic E-state index is -4.96. The van der Waals surface area contributed by atoms with Crippen LogP contribution in [-0.2, 0) is 65.4 Å². The van der Waals surface area contributed by atoms with Gasteiger partial charge in [0, 0.05) is 25.7 Å². The predicted molar refractivity (Wildman–Crippen MR) is 409 cm³/mol. The molecule has 3 N–H and O–H groups in total. The van der Waals surface area contributed by atoms with Gasteiger partial charge < -0.3 is 33.8 Å². The van der Waals surface area contributed by atoms with E-state index in [1.807, 2.05) is 0 Å². The number of carbonyl (C=O) groups excluding carboxylic acids is 4. The van der Waals surface area contributed by atoms with Crippen LogP contribution >= 0.6 is 15.6 Å². The van der Waals surface area contributed by atoms with E-state index in [1.54, 1.807) is 0 Å². The summed E-state index contributed by atoms with van der Waals surface area (Å²) in [7, 11) is -9.92. The lowest BCUT2D eigenvalue weighted by Crippen LogP contribution is -2.30. The topological polar surface area (TPSA) is 237 Å². The third kappa shape index (κ3) is 71.7. The fraction of sp³-hybridized carbons (Fsp3) is 0.951. The summed E-state index contributed by atoms with van der Waals surface area (Å²) in [5.41, 5.74) is 0. The summed E-state index contributed by atoms with van der Waals surface area (Å²) in [4.78, 5) is 73.0. The molecule has 0 rings (SSSR count). The molecule has 0 aliphatic heterocycles. The van der Waals surface area contributed by atoms with Gasteiger partial charge in [-0.3, -0.25) is 37.3 Å². The van der Waals surface area contributed by atoms with Crippen LogP contribution in [0.3, 0.4) is 0 Å². The Labute approximate surface area is 613 Å². The fourth-order valence-corrected chi connectivity index (χ4v) is 13.9. The van der Waals surface area contributed by atoms with Gasteiger partial charge in [0.2, 0.25) is 0 Å². The first kappa shape index (κ1) is 98.1. The van der Waals surface area contributed by atoms with Crippen LogP contribution in [-0.4, -0.2) is 96.7 Å². The molecule has 0 aliphatic rings. The van der Waals surface area contributed by atoms with Crippen LogP contribution in [0.1, 0.15) is 415 Å². The minimum Gasteiger partial charge on any atom is -0.462 e. The molecule has 0 aromatic rings. The highest BCUT2D eigenvalue weighted by atomic mass is 31.2. The van der Waals surface area contributed by atoms with Crippen molar-refractivity contribution in [3.05, 3.63) is 0 Å². The number of phosphoric acid groups is 2. The van der Waals surface area contributed by atoms with Crippen molar-refractivity contribution in [3.8, 4) is 0 Å². The van der Waals surface area contributed by atoms with Crippen molar-refractivity contribution in [2.24, 2.45) is 23.7 Å². The Morgan fingerprint density at radius 1 is 0.280 bits per heavy atom. The standard InChI is InChI=1S/C81H158O17P2/c1-9-73(7)59-51-43-35-27-21-17-15-13-11-12-14-16-18-22-30-38-47-55-63-80(85)97-76(67-91-78(83)61-53-45-37-29-25-24-28-36-44-52-60-74(8)10-2)69-95-99(87,88)93-65-75(82)66-94-100(89,90)96-70-77(68-92-79(84)62-54-46-40-32-34-42-50-58-72(5)6)98-81(86)64-56-48-39-31-23-19-20-26-33-41-49-57-71(3)4/h71-77,82H,9-70H2,1-8H3,(H,87,88)(H,89,90)/t73?,74?,75?,76-,77-/m1/s1. The molecule has 19 heteroatoms. The molecule has 0 saturated carbocycles. The molecule has 0 fully saturated rings. The molecule has 0 spiro atoms. The van der Waals surface area contributed by atoms with Crippen molar-refractivity contribution < 1.29 is 80.2 Å². The number of phosphoric ester groups is 2. The maximum atomic E-state index is 13.1. The minimum absolute atomic E-state index is 0.105. The first-order valence-corrected chi connectivity index (χ1v) is 44.8. The number of hydrogen-bond acceptors (Lipinski definition) is 15. The molecule has 5 unspecified atom stereocenters. The molecule has 17 nitrogen and oxygen atoms in total. The van der Waals surface area contributed by atoms with E-state index in [-0.39, 0.29) is 25.7 Å². The Morgan fingerprint density at radius 2 is 0.480 bits per heavy atom. The molecule has 0 aromatic carbocycles. The van der Waals surface area contributed by atoms with Gasteiger partial charge in [0.15, 0.2) is 12.2 Å². The molecule has 7 atom stereocenters. The number of hydrogen-bond donors (Lipinski definition) is 3. The molecular formula is C81H158O17P2. The number of esters is 4. The van der Waals surface area contributed by atoms with E-state index in [4.69, 9.17) is 37.0 Å². The zero-order valence-electron chi connectivity index (χ0n) is 65.8. The Balaban J connectivity index is 5.22. The summed E-state index contributed by atoms with van der Waals surface area (Å²) in [5.74, 6) is 1.04. The van der Waals surface area contributed by atoms with E-state index in [0.29, 0.717) is 31.6 Å². The lowest BCUT2D eigenvalue weighted by molar-refractivity contribution is -0.161. The van der Waals surface area contributed by atoms with Gasteiger partial charge >= 0.3 is 39.5 Å². The van der Waals surface area contributed by atoms with Gasteiger partial charge in [-0.2, -0.15) is 0 Å². The van der Waals surface area contributed by atoms with E-state index >= 15 is 0 Å². The molecule has 0 saturated heterocycles. The van der Waals surface area contributed by atoms with Gasteiger partial charge in [0.25, 0.3) is 0 Å². The smallest absolute Gasteiger partial charge is 0.462 e. The van der Waals surface area contributed by atoms with Gasteiger partial charge in [-0.1, -0.05) is 364 Å². The van der Waals surface area contributed by atoms with Crippen LogP contribution in [0.15, 0.2) is 0 Å². The Bertz CT molecular complexity index is 1960. The average Bonchev–Trinajstić information content (AvgIpc) is 0.967. The molecule has 0 amide bonds. The zero-order valence-corrected chi connectivity index (χ0v) is 67.6. The monoisotopic (exact) mass is 1470 g/mol. The molecule has 0 bridgehead atoms. The quantitative estimate of drug-likeness (QED) is 0.0222. The second-order valence-electron chi connectivity index (χ2n) is 30.6. The van der Waals surface area contributed by atoms with Crippen LogP contribution in [0.5, 0.6) is 0 Å². The van der Waals surface area contributed by atoms with Crippen LogP contribution < -0.4 is 0 Å². The number of aliphatic hydroxyl groups excluding tert-OH is 1. The number of ether oxygens (including phenoxy) is 4. The summed E-state index contributed by atoms with van der Waals surface area (Å²) in [5, 5.41) is 10.6. The third-order valence-electron chi connectivity index (χ3n) is 19.5. The number of unbranched alkanes of at least 4 members (excludes halogenated alkanes) is 42. The largest absolute Gasteiger partial charge is 0.472 e. The van der Waals surface area contributed by atoms with Crippen LogP contribution in [0, 0.1) is 23.7 Å². The molecule has 0 heterocycles. The lowest BCUT2D eigenvalue weighted by atomic mass is 9.99.